The molecule has 3 rings (SSSR count). The molecule has 27 heavy (non-hydrogen) atoms. The van der Waals surface area contributed by atoms with Crippen molar-refractivity contribution in [2.45, 2.75) is 56.8 Å². The Kier molecular flexibility index (Phi) is 5.46. The van der Waals surface area contributed by atoms with Crippen LogP contribution in [-0.4, -0.2) is 41.0 Å². The van der Waals surface area contributed by atoms with Crippen LogP contribution in [-0.2, 0) is 17.5 Å². The maximum Gasteiger partial charge on any atom is 0.416 e. The van der Waals surface area contributed by atoms with Gasteiger partial charge < -0.3 is 5.32 Å². The zero-order valence-corrected chi connectivity index (χ0v) is 15.3. The average molecular weight is 383 g/mol. The van der Waals surface area contributed by atoms with Crippen molar-refractivity contribution in [1.29, 1.82) is 0 Å². The van der Waals surface area contributed by atoms with Crippen molar-refractivity contribution in [3.8, 4) is 0 Å². The van der Waals surface area contributed by atoms with Gasteiger partial charge in [-0.15, -0.1) is 0 Å². The van der Waals surface area contributed by atoms with Gasteiger partial charge in [0.2, 0.25) is 0 Å². The topological polar surface area (TPSA) is 52.6 Å². The fourth-order valence-corrected chi connectivity index (χ4v) is 3.88. The summed E-state index contributed by atoms with van der Waals surface area (Å²) in [6.45, 7) is 0.440. The standard InChI is InChI=1S/C19H24F3N3O2/c1-24(12-14-6-8-15(9-7-14)19(20,21)22)13-25-16(26)18(23-17(25)27)10-4-2-3-5-11-18/h6-9H,2-5,10-13H2,1H3,(H,23,27). The van der Waals surface area contributed by atoms with E-state index in [1.807, 2.05) is 0 Å². The van der Waals surface area contributed by atoms with Gasteiger partial charge in [0.15, 0.2) is 0 Å². The molecule has 2 fully saturated rings. The van der Waals surface area contributed by atoms with Crippen molar-refractivity contribution in [2.24, 2.45) is 0 Å². The molecule has 148 valence electrons. The summed E-state index contributed by atoms with van der Waals surface area (Å²) in [6, 6.07) is 4.52. The summed E-state index contributed by atoms with van der Waals surface area (Å²) in [5.41, 5.74) is -0.789. The highest BCUT2D eigenvalue weighted by Gasteiger charge is 2.50. The van der Waals surface area contributed by atoms with E-state index in [0.717, 1.165) is 37.8 Å². The fraction of sp³-hybridized carbons (Fsp3) is 0.579. The summed E-state index contributed by atoms with van der Waals surface area (Å²) >= 11 is 0. The molecule has 1 saturated carbocycles. The van der Waals surface area contributed by atoms with Crippen LogP contribution >= 0.6 is 0 Å². The molecule has 1 N–H and O–H groups in total. The first-order valence-electron chi connectivity index (χ1n) is 9.20. The summed E-state index contributed by atoms with van der Waals surface area (Å²) in [5.74, 6) is -0.186. The Bertz CT molecular complexity index is 695. The number of amides is 3. The predicted molar refractivity (Wildman–Crippen MR) is 93.6 cm³/mol. The summed E-state index contributed by atoms with van der Waals surface area (Å²) in [4.78, 5) is 28.2. The molecular weight excluding hydrogens is 359 g/mol. The maximum absolute atomic E-state index is 12.9. The minimum absolute atomic E-state index is 0.105. The summed E-state index contributed by atoms with van der Waals surface area (Å²) < 4.78 is 37.9. The monoisotopic (exact) mass is 383 g/mol. The first-order valence-corrected chi connectivity index (χ1v) is 9.20. The van der Waals surface area contributed by atoms with Crippen LogP contribution in [0, 0.1) is 0 Å². The maximum atomic E-state index is 12.9. The molecule has 1 saturated heterocycles. The van der Waals surface area contributed by atoms with Gasteiger partial charge in [0.25, 0.3) is 5.91 Å². The minimum Gasteiger partial charge on any atom is -0.323 e. The van der Waals surface area contributed by atoms with Crippen LogP contribution in [0.25, 0.3) is 0 Å². The Hall–Kier alpha value is -2.09. The number of nitrogens with one attached hydrogen (secondary N) is 1. The van der Waals surface area contributed by atoms with Crippen LogP contribution in [0.4, 0.5) is 18.0 Å². The van der Waals surface area contributed by atoms with Crippen LogP contribution in [0.1, 0.15) is 49.7 Å². The van der Waals surface area contributed by atoms with E-state index in [1.165, 1.54) is 17.0 Å². The molecule has 0 bridgehead atoms. The van der Waals surface area contributed by atoms with Gasteiger partial charge >= 0.3 is 12.2 Å². The van der Waals surface area contributed by atoms with Gasteiger partial charge in [-0.05, 0) is 37.6 Å². The molecular formula is C19H24F3N3O2. The van der Waals surface area contributed by atoms with Crippen molar-refractivity contribution < 1.29 is 22.8 Å². The Labute approximate surface area is 156 Å². The molecule has 1 aromatic carbocycles. The quantitative estimate of drug-likeness (QED) is 0.806. The molecule has 0 aromatic heterocycles. The number of nitrogens with zero attached hydrogens (tertiary/aromatic N) is 2. The number of hydrogen-bond acceptors (Lipinski definition) is 3. The first-order chi connectivity index (χ1) is 12.7. The van der Waals surface area contributed by atoms with Gasteiger partial charge in [-0.3, -0.25) is 9.69 Å². The molecule has 0 atom stereocenters. The van der Waals surface area contributed by atoms with Crippen LogP contribution in [0.5, 0.6) is 0 Å². The SMILES string of the molecule is CN(Cc1ccc(C(F)(F)F)cc1)CN1C(=O)NC2(CCCCCC2)C1=O. The average Bonchev–Trinajstić information content (AvgIpc) is 2.77. The summed E-state index contributed by atoms with van der Waals surface area (Å²) in [7, 11) is 1.73. The zero-order chi connectivity index (χ0) is 19.7. The number of imide groups is 1. The van der Waals surface area contributed by atoms with Crippen molar-refractivity contribution in [3.05, 3.63) is 35.4 Å². The van der Waals surface area contributed by atoms with E-state index in [-0.39, 0.29) is 18.6 Å². The lowest BCUT2D eigenvalue weighted by Gasteiger charge is -2.26. The second-order valence-electron chi connectivity index (χ2n) is 7.51. The fourth-order valence-electron chi connectivity index (χ4n) is 3.88. The first kappa shape index (κ1) is 19.7. The van der Waals surface area contributed by atoms with E-state index in [1.54, 1.807) is 11.9 Å². The van der Waals surface area contributed by atoms with E-state index < -0.39 is 17.3 Å². The number of alkyl halides is 3. The Balaban J connectivity index is 1.62. The predicted octanol–water partition coefficient (Wildman–Crippen LogP) is 3.74. The second kappa shape index (κ2) is 7.50. The van der Waals surface area contributed by atoms with Crippen molar-refractivity contribution in [2.75, 3.05) is 13.7 Å². The van der Waals surface area contributed by atoms with Gasteiger partial charge in [0.05, 0.1) is 12.2 Å². The summed E-state index contributed by atoms with van der Waals surface area (Å²) in [6.07, 6.45) is 0.935. The summed E-state index contributed by atoms with van der Waals surface area (Å²) in [5, 5.41) is 2.89. The Morgan fingerprint density at radius 3 is 2.22 bits per heavy atom. The zero-order valence-electron chi connectivity index (χ0n) is 15.3. The normalized spacial score (nSPS) is 20.3. The second-order valence-corrected chi connectivity index (χ2v) is 7.51. The molecule has 0 unspecified atom stereocenters. The molecule has 5 nitrogen and oxygen atoms in total. The number of urea groups is 1. The van der Waals surface area contributed by atoms with Crippen LogP contribution in [0.3, 0.4) is 0 Å². The van der Waals surface area contributed by atoms with E-state index in [9.17, 15) is 22.8 Å². The van der Waals surface area contributed by atoms with Crippen molar-refractivity contribution >= 4 is 11.9 Å². The number of carbonyl (C=O) groups is 2. The third kappa shape index (κ3) is 4.26. The van der Waals surface area contributed by atoms with Crippen LogP contribution < -0.4 is 5.32 Å². The Morgan fingerprint density at radius 2 is 1.67 bits per heavy atom. The number of benzene rings is 1. The third-order valence-corrected chi connectivity index (χ3v) is 5.32. The van der Waals surface area contributed by atoms with Gasteiger partial charge in [-0.1, -0.05) is 37.8 Å². The van der Waals surface area contributed by atoms with Crippen molar-refractivity contribution in [1.82, 2.24) is 15.1 Å². The smallest absolute Gasteiger partial charge is 0.323 e. The molecule has 2 aliphatic rings. The lowest BCUT2D eigenvalue weighted by Crippen LogP contribution is -2.47. The van der Waals surface area contributed by atoms with E-state index >= 15 is 0 Å². The van der Waals surface area contributed by atoms with E-state index in [4.69, 9.17) is 0 Å². The van der Waals surface area contributed by atoms with Crippen molar-refractivity contribution in [3.63, 3.8) is 0 Å². The Morgan fingerprint density at radius 1 is 1.07 bits per heavy atom. The molecule has 1 heterocycles. The van der Waals surface area contributed by atoms with Gasteiger partial charge in [-0.2, -0.15) is 13.2 Å². The van der Waals surface area contributed by atoms with E-state index in [2.05, 4.69) is 5.32 Å². The lowest BCUT2D eigenvalue weighted by molar-refractivity contribution is -0.137. The van der Waals surface area contributed by atoms with Gasteiger partial charge in [0.1, 0.15) is 5.54 Å². The molecule has 1 aliphatic carbocycles. The molecule has 1 aromatic rings. The minimum atomic E-state index is -4.36. The number of rotatable bonds is 4. The molecule has 8 heteroatoms. The third-order valence-electron chi connectivity index (χ3n) is 5.32. The molecule has 1 spiro atoms. The van der Waals surface area contributed by atoms with Crippen LogP contribution in [0.15, 0.2) is 24.3 Å². The van der Waals surface area contributed by atoms with Gasteiger partial charge in [0, 0.05) is 6.54 Å². The number of hydrogen-bond donors (Lipinski definition) is 1. The lowest BCUT2D eigenvalue weighted by atomic mass is 9.90. The van der Waals surface area contributed by atoms with Gasteiger partial charge in [-0.25, -0.2) is 9.69 Å². The molecule has 1 aliphatic heterocycles. The highest BCUT2D eigenvalue weighted by Crippen LogP contribution is 2.33. The molecule has 3 amide bonds. The molecule has 0 radical (unpaired) electrons. The highest BCUT2D eigenvalue weighted by atomic mass is 19.4. The van der Waals surface area contributed by atoms with E-state index in [0.29, 0.717) is 24.9 Å². The largest absolute Gasteiger partial charge is 0.416 e. The highest BCUT2D eigenvalue weighted by molar-refractivity contribution is 6.07. The van der Waals surface area contributed by atoms with Crippen LogP contribution in [0.2, 0.25) is 0 Å². The number of halogens is 3. The number of carbonyl (C=O) groups excluding carboxylic acids is 2.